The summed E-state index contributed by atoms with van der Waals surface area (Å²) >= 11 is 0. The van der Waals surface area contributed by atoms with Crippen LogP contribution in [0.4, 0.5) is 4.79 Å². The van der Waals surface area contributed by atoms with Crippen molar-refractivity contribution in [1.29, 1.82) is 0 Å². The number of fused-ring (bicyclic) bond motifs is 4. The molecule has 17 heavy (non-hydrogen) atoms. The second kappa shape index (κ2) is 3.29. The van der Waals surface area contributed by atoms with E-state index >= 15 is 0 Å². The molecule has 5 nitrogen and oxygen atoms in total. The third-order valence-electron chi connectivity index (χ3n) is 3.21. The van der Waals surface area contributed by atoms with Gasteiger partial charge in [0.05, 0.1) is 13.2 Å². The van der Waals surface area contributed by atoms with E-state index in [0.29, 0.717) is 17.9 Å². The maximum absolute atomic E-state index is 11.5. The summed E-state index contributed by atoms with van der Waals surface area (Å²) in [6.45, 7) is 1.87. The minimum Gasteiger partial charge on any atom is -0.493 e. The highest BCUT2D eigenvalue weighted by molar-refractivity contribution is 5.77. The molecule has 1 fully saturated rings. The topological polar surface area (TPSA) is 59.6 Å². The Morgan fingerprint density at radius 3 is 3.12 bits per heavy atom. The number of urea groups is 1. The van der Waals surface area contributed by atoms with Crippen molar-refractivity contribution in [3.05, 3.63) is 23.8 Å². The molecule has 2 amide bonds. The quantitative estimate of drug-likeness (QED) is 0.775. The summed E-state index contributed by atoms with van der Waals surface area (Å²) in [6, 6.07) is 5.49. The van der Waals surface area contributed by atoms with Gasteiger partial charge in [0.1, 0.15) is 0 Å². The van der Waals surface area contributed by atoms with Crippen LogP contribution in [0.1, 0.15) is 24.9 Å². The van der Waals surface area contributed by atoms with Gasteiger partial charge in [-0.2, -0.15) is 0 Å². The van der Waals surface area contributed by atoms with E-state index in [0.717, 1.165) is 5.56 Å². The Morgan fingerprint density at radius 2 is 2.35 bits per heavy atom. The summed E-state index contributed by atoms with van der Waals surface area (Å²) in [6.07, 6.45) is 0.707. The molecular weight excluding hydrogens is 220 g/mol. The molecule has 2 heterocycles. The molecule has 0 spiro atoms. The molecule has 0 unspecified atom stereocenters. The number of amides is 2. The van der Waals surface area contributed by atoms with Crippen LogP contribution in [-0.4, -0.2) is 18.9 Å². The Bertz CT molecular complexity index is 489. The molecule has 2 bridgehead atoms. The lowest BCUT2D eigenvalue weighted by Gasteiger charge is -2.44. The van der Waals surface area contributed by atoms with Gasteiger partial charge in [-0.05, 0) is 13.0 Å². The summed E-state index contributed by atoms with van der Waals surface area (Å²) in [5.41, 5.74) is 0.311. The second-order valence-electron chi connectivity index (χ2n) is 4.57. The zero-order valence-corrected chi connectivity index (χ0v) is 9.74. The number of carbonyl (C=O) groups excluding carboxylic acids is 1. The Morgan fingerprint density at radius 1 is 1.53 bits per heavy atom. The monoisotopic (exact) mass is 234 g/mol. The van der Waals surface area contributed by atoms with Gasteiger partial charge in [-0.25, -0.2) is 4.79 Å². The van der Waals surface area contributed by atoms with Crippen molar-refractivity contribution < 1.29 is 14.3 Å². The van der Waals surface area contributed by atoms with Crippen LogP contribution in [0.5, 0.6) is 11.5 Å². The Labute approximate surface area is 99.1 Å². The number of benzene rings is 1. The molecule has 0 saturated carbocycles. The largest absolute Gasteiger partial charge is 0.493 e. The van der Waals surface area contributed by atoms with Crippen LogP contribution in [0.3, 0.4) is 0 Å². The van der Waals surface area contributed by atoms with E-state index < -0.39 is 5.72 Å². The number of ether oxygens (including phenoxy) is 2. The molecule has 2 aliphatic heterocycles. The van der Waals surface area contributed by atoms with Gasteiger partial charge < -0.3 is 20.1 Å². The first-order chi connectivity index (χ1) is 8.11. The highest BCUT2D eigenvalue weighted by Crippen LogP contribution is 2.45. The lowest BCUT2D eigenvalue weighted by Crippen LogP contribution is -2.62. The minimum atomic E-state index is -0.658. The van der Waals surface area contributed by atoms with E-state index in [2.05, 4.69) is 10.6 Å². The van der Waals surface area contributed by atoms with Crippen molar-refractivity contribution in [2.75, 3.05) is 7.11 Å². The van der Waals surface area contributed by atoms with Crippen molar-refractivity contribution in [3.8, 4) is 11.5 Å². The van der Waals surface area contributed by atoms with Crippen LogP contribution in [-0.2, 0) is 0 Å². The number of carbonyl (C=O) groups is 1. The van der Waals surface area contributed by atoms with Crippen LogP contribution in [0, 0.1) is 0 Å². The van der Waals surface area contributed by atoms with Crippen LogP contribution in [0.15, 0.2) is 18.2 Å². The normalized spacial score (nSPS) is 29.5. The molecule has 0 aliphatic carbocycles. The first kappa shape index (κ1) is 10.3. The molecule has 90 valence electrons. The summed E-state index contributed by atoms with van der Waals surface area (Å²) in [7, 11) is 1.61. The lowest BCUT2D eigenvalue weighted by molar-refractivity contribution is 0.00942. The number of rotatable bonds is 1. The highest BCUT2D eigenvalue weighted by Gasteiger charge is 2.44. The summed E-state index contributed by atoms with van der Waals surface area (Å²) in [5.74, 6) is 1.40. The predicted molar refractivity (Wildman–Crippen MR) is 61.1 cm³/mol. The lowest BCUT2D eigenvalue weighted by atomic mass is 9.91. The first-order valence-corrected chi connectivity index (χ1v) is 5.56. The molecule has 0 aromatic heterocycles. The average molecular weight is 234 g/mol. The second-order valence-corrected chi connectivity index (χ2v) is 4.57. The molecule has 2 atom stereocenters. The summed E-state index contributed by atoms with van der Waals surface area (Å²) in [4.78, 5) is 11.5. The molecule has 2 aliphatic rings. The van der Waals surface area contributed by atoms with Gasteiger partial charge in [0.2, 0.25) is 0 Å². The zero-order valence-electron chi connectivity index (χ0n) is 9.74. The van der Waals surface area contributed by atoms with Crippen molar-refractivity contribution in [2.45, 2.75) is 25.1 Å². The molecule has 0 radical (unpaired) electrons. The van der Waals surface area contributed by atoms with Gasteiger partial charge in [0.15, 0.2) is 17.2 Å². The Hall–Kier alpha value is -1.91. The summed E-state index contributed by atoms with van der Waals surface area (Å²) in [5, 5.41) is 5.68. The SMILES string of the molecule is COc1cccc2c1O[C@]1(C)C[C@H]2NC(=O)N1. The molecule has 3 rings (SSSR count). The van der Waals surface area contributed by atoms with Crippen molar-refractivity contribution >= 4 is 6.03 Å². The van der Waals surface area contributed by atoms with Crippen LogP contribution in [0.2, 0.25) is 0 Å². The van der Waals surface area contributed by atoms with E-state index in [-0.39, 0.29) is 12.1 Å². The van der Waals surface area contributed by atoms with Crippen molar-refractivity contribution in [1.82, 2.24) is 10.6 Å². The zero-order chi connectivity index (χ0) is 12.0. The number of nitrogens with one attached hydrogen (secondary N) is 2. The molecule has 2 N–H and O–H groups in total. The molecule has 5 heteroatoms. The standard InChI is InChI=1S/C12H14N2O3/c1-12-6-8(13-11(15)14-12)7-4-3-5-9(16-2)10(7)17-12/h3-5,8H,6H2,1-2H3,(H2,13,14,15)/t8-,12-/m1/s1. The minimum absolute atomic E-state index is 0.0207. The van der Waals surface area contributed by atoms with Gasteiger partial charge >= 0.3 is 6.03 Å². The van der Waals surface area contributed by atoms with E-state index in [1.165, 1.54) is 0 Å². The predicted octanol–water partition coefficient (Wildman–Crippen LogP) is 1.55. The van der Waals surface area contributed by atoms with Gasteiger partial charge in [0, 0.05) is 12.0 Å². The average Bonchev–Trinajstić information content (AvgIpc) is 2.26. The number of hydrogen-bond donors (Lipinski definition) is 2. The maximum Gasteiger partial charge on any atom is 0.318 e. The van der Waals surface area contributed by atoms with Crippen LogP contribution >= 0.6 is 0 Å². The van der Waals surface area contributed by atoms with Gasteiger partial charge in [-0.15, -0.1) is 0 Å². The fourth-order valence-electron chi connectivity index (χ4n) is 2.48. The molecule has 1 saturated heterocycles. The third kappa shape index (κ3) is 1.50. The fourth-order valence-corrected chi connectivity index (χ4v) is 2.48. The van der Waals surface area contributed by atoms with Crippen LogP contribution < -0.4 is 20.1 Å². The first-order valence-electron chi connectivity index (χ1n) is 5.56. The van der Waals surface area contributed by atoms with E-state index in [4.69, 9.17) is 9.47 Å². The van der Waals surface area contributed by atoms with Gasteiger partial charge in [-0.3, -0.25) is 0 Å². The summed E-state index contributed by atoms with van der Waals surface area (Å²) < 4.78 is 11.2. The Kier molecular flexibility index (Phi) is 1.98. The van der Waals surface area contributed by atoms with Gasteiger partial charge in [-0.1, -0.05) is 12.1 Å². The van der Waals surface area contributed by atoms with Gasteiger partial charge in [0.25, 0.3) is 0 Å². The Balaban J connectivity index is 2.12. The molecule has 1 aromatic rings. The maximum atomic E-state index is 11.5. The highest BCUT2D eigenvalue weighted by atomic mass is 16.5. The number of hydrogen-bond acceptors (Lipinski definition) is 3. The molecular formula is C12H14N2O3. The smallest absolute Gasteiger partial charge is 0.318 e. The van der Waals surface area contributed by atoms with E-state index in [1.807, 2.05) is 25.1 Å². The molecule has 1 aromatic carbocycles. The fraction of sp³-hybridized carbons (Fsp3) is 0.417. The van der Waals surface area contributed by atoms with Crippen LogP contribution in [0.25, 0.3) is 0 Å². The van der Waals surface area contributed by atoms with Crippen molar-refractivity contribution in [3.63, 3.8) is 0 Å². The number of para-hydroxylation sites is 1. The number of methoxy groups -OCH3 is 1. The third-order valence-corrected chi connectivity index (χ3v) is 3.21. The van der Waals surface area contributed by atoms with E-state index in [9.17, 15) is 4.79 Å². The van der Waals surface area contributed by atoms with E-state index in [1.54, 1.807) is 7.11 Å². The van der Waals surface area contributed by atoms with Crippen molar-refractivity contribution in [2.24, 2.45) is 0 Å².